The van der Waals surface area contributed by atoms with Gasteiger partial charge in [0.05, 0.1) is 26.1 Å². The molecule has 9 heteroatoms. The Morgan fingerprint density at radius 3 is 2.21 bits per heavy atom. The van der Waals surface area contributed by atoms with E-state index < -0.39 is 23.7 Å². The van der Waals surface area contributed by atoms with E-state index in [1.54, 1.807) is 31.2 Å². The standard InChI is InChI=1S/C33H31NO8/c1-16-12-24(37)23-15-22-20(28(29(23)31(16)38)30-25(41-2)13-19(36)14-26(30)42-3)8-9-21-27(22)33(40)34(32(21)39)11-10-17-4-6-18(35)7-5-17/h4-8,12-14,21-22,27-28,35-36H,9-11,15H2,1-3H3. The first-order valence-corrected chi connectivity index (χ1v) is 13.9. The van der Waals surface area contributed by atoms with Gasteiger partial charge < -0.3 is 19.7 Å². The van der Waals surface area contributed by atoms with Crippen molar-refractivity contribution in [3.63, 3.8) is 0 Å². The number of rotatable bonds is 6. The van der Waals surface area contributed by atoms with Crippen LogP contribution in [0.5, 0.6) is 23.0 Å². The molecule has 1 fully saturated rings. The smallest absolute Gasteiger partial charge is 0.233 e. The molecule has 2 N–H and O–H groups in total. The predicted molar refractivity (Wildman–Crippen MR) is 151 cm³/mol. The maximum atomic E-state index is 13.9. The van der Waals surface area contributed by atoms with Gasteiger partial charge in [0.15, 0.2) is 11.6 Å². The lowest BCUT2D eigenvalue weighted by molar-refractivity contribution is -0.140. The van der Waals surface area contributed by atoms with Crippen LogP contribution >= 0.6 is 0 Å². The Kier molecular flexibility index (Phi) is 6.75. The van der Waals surface area contributed by atoms with Gasteiger partial charge in [0.1, 0.15) is 23.0 Å². The molecule has 0 aromatic heterocycles. The highest BCUT2D eigenvalue weighted by atomic mass is 16.5. The van der Waals surface area contributed by atoms with Crippen LogP contribution in [-0.2, 0) is 25.6 Å². The van der Waals surface area contributed by atoms with Crippen LogP contribution < -0.4 is 9.47 Å². The predicted octanol–water partition coefficient (Wildman–Crippen LogP) is 3.79. The lowest BCUT2D eigenvalue weighted by atomic mass is 9.59. The van der Waals surface area contributed by atoms with Gasteiger partial charge >= 0.3 is 0 Å². The molecule has 3 aliphatic carbocycles. The van der Waals surface area contributed by atoms with Gasteiger partial charge in [0.25, 0.3) is 0 Å². The normalized spacial score (nSPS) is 25.1. The average molecular weight is 570 g/mol. The molecule has 4 atom stereocenters. The van der Waals surface area contributed by atoms with Crippen molar-refractivity contribution >= 4 is 23.4 Å². The third-order valence-electron chi connectivity index (χ3n) is 9.03. The third kappa shape index (κ3) is 4.22. The van der Waals surface area contributed by atoms with Gasteiger partial charge in [0.2, 0.25) is 11.8 Å². The highest BCUT2D eigenvalue weighted by Crippen LogP contribution is 2.58. The van der Waals surface area contributed by atoms with Crippen molar-refractivity contribution in [3.8, 4) is 23.0 Å². The number of ketones is 2. The number of nitrogens with zero attached hydrogens (tertiary/aromatic N) is 1. The van der Waals surface area contributed by atoms with Gasteiger partial charge in [-0.15, -0.1) is 0 Å². The number of aromatic hydroxyl groups is 2. The molecule has 1 saturated heterocycles. The number of hydrogen-bond acceptors (Lipinski definition) is 8. The first kappa shape index (κ1) is 27.5. The van der Waals surface area contributed by atoms with Crippen LogP contribution in [0.1, 0.15) is 36.8 Å². The Morgan fingerprint density at radius 2 is 1.57 bits per heavy atom. The fourth-order valence-electron chi connectivity index (χ4n) is 7.09. The van der Waals surface area contributed by atoms with Crippen LogP contribution in [-0.4, -0.2) is 59.3 Å². The van der Waals surface area contributed by atoms with Crippen LogP contribution in [0.2, 0.25) is 0 Å². The van der Waals surface area contributed by atoms with Crippen LogP contribution in [0, 0.1) is 17.8 Å². The number of phenolic OH excluding ortho intramolecular Hbond substituents is 2. The van der Waals surface area contributed by atoms with Crippen molar-refractivity contribution in [2.45, 2.75) is 32.1 Å². The maximum absolute atomic E-state index is 13.9. The highest BCUT2D eigenvalue weighted by Gasteiger charge is 2.56. The molecule has 0 saturated carbocycles. The van der Waals surface area contributed by atoms with E-state index in [4.69, 9.17) is 9.47 Å². The fourth-order valence-corrected chi connectivity index (χ4v) is 7.09. The van der Waals surface area contributed by atoms with Crippen LogP contribution in [0.3, 0.4) is 0 Å². The first-order valence-electron chi connectivity index (χ1n) is 13.9. The van der Waals surface area contributed by atoms with Crippen molar-refractivity contribution in [2.24, 2.45) is 17.8 Å². The van der Waals surface area contributed by atoms with E-state index in [9.17, 15) is 29.4 Å². The highest BCUT2D eigenvalue weighted by molar-refractivity contribution is 6.24. The van der Waals surface area contributed by atoms with E-state index in [-0.39, 0.29) is 59.3 Å². The summed E-state index contributed by atoms with van der Waals surface area (Å²) in [6.07, 6.45) is 4.20. The second-order valence-electron chi connectivity index (χ2n) is 11.2. The number of Topliss-reactive ketones (excluding diaryl/α,β-unsaturated/α-hetero) is 1. The summed E-state index contributed by atoms with van der Waals surface area (Å²) in [7, 11) is 2.89. The summed E-state index contributed by atoms with van der Waals surface area (Å²) in [5.41, 5.74) is 3.11. The van der Waals surface area contributed by atoms with Gasteiger partial charge in [-0.05, 0) is 55.9 Å². The molecule has 1 aliphatic heterocycles. The number of amides is 2. The van der Waals surface area contributed by atoms with Crippen molar-refractivity contribution in [1.82, 2.24) is 4.90 Å². The molecule has 9 nitrogen and oxygen atoms in total. The summed E-state index contributed by atoms with van der Waals surface area (Å²) in [6, 6.07) is 9.51. The van der Waals surface area contributed by atoms with E-state index in [1.165, 1.54) is 37.3 Å². The summed E-state index contributed by atoms with van der Waals surface area (Å²) in [6.45, 7) is 1.81. The van der Waals surface area contributed by atoms with Gasteiger partial charge in [0, 0.05) is 46.9 Å². The third-order valence-corrected chi connectivity index (χ3v) is 9.03. The second kappa shape index (κ2) is 10.3. The molecular weight excluding hydrogens is 538 g/mol. The number of benzene rings is 2. The summed E-state index contributed by atoms with van der Waals surface area (Å²) in [5.74, 6) is -2.97. The zero-order chi connectivity index (χ0) is 29.9. The van der Waals surface area contributed by atoms with Crippen LogP contribution in [0.4, 0.5) is 0 Å². The molecule has 0 radical (unpaired) electrons. The fraction of sp³-hybridized carbons (Fsp3) is 0.333. The van der Waals surface area contributed by atoms with E-state index in [0.29, 0.717) is 35.1 Å². The average Bonchev–Trinajstić information content (AvgIpc) is 3.23. The number of hydrogen-bond donors (Lipinski definition) is 2. The maximum Gasteiger partial charge on any atom is 0.233 e. The van der Waals surface area contributed by atoms with Crippen molar-refractivity contribution in [1.29, 1.82) is 0 Å². The van der Waals surface area contributed by atoms with Crippen molar-refractivity contribution in [3.05, 3.63) is 82.0 Å². The zero-order valence-corrected chi connectivity index (χ0v) is 23.5. The van der Waals surface area contributed by atoms with E-state index in [1.807, 2.05) is 6.08 Å². The number of imide groups is 1. The summed E-state index contributed by atoms with van der Waals surface area (Å²) in [5, 5.41) is 19.9. The lowest BCUT2D eigenvalue weighted by Gasteiger charge is -2.42. The quantitative estimate of drug-likeness (QED) is 0.305. The van der Waals surface area contributed by atoms with Gasteiger partial charge in [-0.3, -0.25) is 24.1 Å². The van der Waals surface area contributed by atoms with E-state index >= 15 is 0 Å². The number of carbonyl (C=O) groups excluding carboxylic acids is 4. The number of ether oxygens (including phenoxy) is 2. The molecular formula is C33H31NO8. The number of fused-ring (bicyclic) bond motifs is 3. The number of phenols is 2. The van der Waals surface area contributed by atoms with Gasteiger partial charge in [-0.2, -0.15) is 0 Å². The van der Waals surface area contributed by atoms with Crippen LogP contribution in [0.25, 0.3) is 0 Å². The van der Waals surface area contributed by atoms with Crippen LogP contribution in [0.15, 0.2) is 70.8 Å². The molecule has 1 heterocycles. The zero-order valence-electron chi connectivity index (χ0n) is 23.5. The molecule has 216 valence electrons. The largest absolute Gasteiger partial charge is 0.508 e. The molecule has 4 unspecified atom stereocenters. The summed E-state index contributed by atoms with van der Waals surface area (Å²) in [4.78, 5) is 55.9. The molecule has 0 spiro atoms. The molecule has 2 aromatic rings. The molecule has 2 aromatic carbocycles. The molecule has 6 rings (SSSR count). The SMILES string of the molecule is COc1cc(O)cc(OC)c1C1C2=CCC3C(=O)N(CCc4ccc(O)cc4)C(=O)C3C2CC2=C1C(=O)C(C)=CC2=O. The first-order chi connectivity index (χ1) is 20.1. The number of allylic oxidation sites excluding steroid dienone is 6. The van der Waals surface area contributed by atoms with Gasteiger partial charge in [-0.25, -0.2) is 0 Å². The molecule has 2 amide bonds. The topological polar surface area (TPSA) is 130 Å². The molecule has 4 aliphatic rings. The van der Waals surface area contributed by atoms with E-state index in [2.05, 4.69) is 0 Å². The van der Waals surface area contributed by atoms with Crippen molar-refractivity contribution in [2.75, 3.05) is 20.8 Å². The second-order valence-corrected chi connectivity index (χ2v) is 11.2. The Labute approximate surface area is 242 Å². The number of methoxy groups -OCH3 is 2. The summed E-state index contributed by atoms with van der Waals surface area (Å²) < 4.78 is 11.3. The monoisotopic (exact) mass is 569 g/mol. The Morgan fingerprint density at radius 1 is 0.905 bits per heavy atom. The summed E-state index contributed by atoms with van der Waals surface area (Å²) >= 11 is 0. The number of likely N-dealkylation sites (tertiary alicyclic amines) is 1. The van der Waals surface area contributed by atoms with E-state index in [0.717, 1.165) is 11.1 Å². The minimum Gasteiger partial charge on any atom is -0.508 e. The van der Waals surface area contributed by atoms with Gasteiger partial charge in [-0.1, -0.05) is 23.8 Å². The van der Waals surface area contributed by atoms with Crippen molar-refractivity contribution < 1.29 is 38.9 Å². The molecule has 0 bridgehead atoms. The molecule has 42 heavy (non-hydrogen) atoms. The minimum absolute atomic E-state index is 0.0883. The lowest BCUT2D eigenvalue weighted by Crippen LogP contribution is -2.40. The Balaban J connectivity index is 1.44. The minimum atomic E-state index is -0.765. The number of carbonyl (C=O) groups is 4. The Bertz CT molecular complexity index is 1600. The Hall–Kier alpha value is -4.66.